The van der Waals surface area contributed by atoms with E-state index in [1.807, 2.05) is 0 Å². The SMILES string of the molecule is CC(F)OS(=O)(=O)S(=O)(=O)C(F)(F)Cl. The van der Waals surface area contributed by atoms with E-state index in [9.17, 15) is 30.0 Å². The molecule has 0 heterocycles. The standard InChI is InChI=1S/C3H4ClF3O5S2/c1-2(5)12-14(10,11)13(8,9)3(4,6)7/h2H,1H3. The molecule has 1 atom stereocenters. The molecule has 0 aromatic heterocycles. The summed E-state index contributed by atoms with van der Waals surface area (Å²) in [5, 5.41) is 0. The molecule has 14 heavy (non-hydrogen) atoms. The van der Waals surface area contributed by atoms with Gasteiger partial charge in [-0.2, -0.15) is 17.2 Å². The van der Waals surface area contributed by atoms with E-state index in [2.05, 4.69) is 15.8 Å². The Bertz CT molecular complexity index is 392. The number of rotatable bonds is 4. The second-order valence-corrected chi connectivity index (χ2v) is 7.62. The Morgan fingerprint density at radius 2 is 1.64 bits per heavy atom. The van der Waals surface area contributed by atoms with E-state index in [0.717, 1.165) is 0 Å². The van der Waals surface area contributed by atoms with Gasteiger partial charge in [-0.15, -0.1) is 0 Å². The van der Waals surface area contributed by atoms with Gasteiger partial charge in [0.05, 0.1) is 0 Å². The maximum atomic E-state index is 12.0. The lowest BCUT2D eigenvalue weighted by Crippen LogP contribution is -2.32. The molecular weight excluding hydrogens is 273 g/mol. The van der Waals surface area contributed by atoms with Crippen LogP contribution in [0, 0.1) is 0 Å². The lowest BCUT2D eigenvalue weighted by molar-refractivity contribution is 0.0961. The molecule has 0 saturated heterocycles. The molecule has 11 heteroatoms. The van der Waals surface area contributed by atoms with Gasteiger partial charge >= 0.3 is 22.7 Å². The van der Waals surface area contributed by atoms with Gasteiger partial charge < -0.3 is 0 Å². The summed E-state index contributed by atoms with van der Waals surface area (Å²) in [4.78, 5) is 0. The van der Waals surface area contributed by atoms with Crippen LogP contribution in [0.3, 0.4) is 0 Å². The van der Waals surface area contributed by atoms with Gasteiger partial charge in [0.1, 0.15) is 0 Å². The quantitative estimate of drug-likeness (QED) is 0.560. The molecule has 0 fully saturated rings. The Labute approximate surface area is 82.2 Å². The minimum absolute atomic E-state index is 0.499. The normalized spacial score (nSPS) is 16.6. The highest BCUT2D eigenvalue weighted by Gasteiger charge is 2.54. The first-order valence-corrected chi connectivity index (χ1v) is 6.59. The number of halogens is 4. The smallest absolute Gasteiger partial charge is 0.221 e. The molecule has 0 aromatic carbocycles. The van der Waals surface area contributed by atoms with E-state index in [0.29, 0.717) is 6.92 Å². The minimum atomic E-state index is -6.13. The zero-order chi connectivity index (χ0) is 11.8. The lowest BCUT2D eigenvalue weighted by Gasteiger charge is -2.10. The molecule has 0 amide bonds. The third kappa shape index (κ3) is 2.72. The molecule has 0 aliphatic rings. The average Bonchev–Trinajstić information content (AvgIpc) is 1.80. The first-order valence-electron chi connectivity index (χ1n) is 2.80. The van der Waals surface area contributed by atoms with Crippen LogP contribution in [0.2, 0.25) is 0 Å². The highest BCUT2D eigenvalue weighted by molar-refractivity contribution is 8.66. The molecule has 1 unspecified atom stereocenters. The second kappa shape index (κ2) is 3.83. The van der Waals surface area contributed by atoms with Crippen LogP contribution in [0.5, 0.6) is 0 Å². The number of hydrogen-bond acceptors (Lipinski definition) is 5. The zero-order valence-corrected chi connectivity index (χ0v) is 8.84. The Balaban J connectivity index is 5.35. The molecule has 0 spiro atoms. The summed E-state index contributed by atoms with van der Waals surface area (Å²) in [7, 11) is -11.9. The van der Waals surface area contributed by atoms with Crippen molar-refractivity contribution >= 4 is 29.6 Å². The zero-order valence-electron chi connectivity index (χ0n) is 6.45. The Kier molecular flexibility index (Phi) is 3.82. The highest BCUT2D eigenvalue weighted by atomic mass is 35.5. The van der Waals surface area contributed by atoms with Gasteiger partial charge in [0.15, 0.2) is 0 Å². The third-order valence-electron chi connectivity index (χ3n) is 0.803. The monoisotopic (exact) mass is 276 g/mol. The van der Waals surface area contributed by atoms with Crippen LogP contribution >= 0.6 is 11.6 Å². The van der Waals surface area contributed by atoms with Crippen LogP contribution in [0.4, 0.5) is 13.2 Å². The molecular formula is C3H4ClF3O5S2. The van der Waals surface area contributed by atoms with Gasteiger partial charge in [-0.1, -0.05) is 0 Å². The van der Waals surface area contributed by atoms with Crippen LogP contribution in [0.1, 0.15) is 6.92 Å². The Hall–Kier alpha value is -0.0600. The van der Waals surface area contributed by atoms with Gasteiger partial charge in [-0.3, -0.25) is 0 Å². The van der Waals surface area contributed by atoms with Gasteiger partial charge in [0.25, 0.3) is 0 Å². The molecule has 0 rings (SSSR count). The van der Waals surface area contributed by atoms with Crippen LogP contribution in [-0.4, -0.2) is 27.9 Å². The maximum absolute atomic E-state index is 12.0. The number of hydrogen-bond donors (Lipinski definition) is 0. The first-order chi connectivity index (χ1) is 5.92. The predicted molar refractivity (Wildman–Crippen MR) is 40.3 cm³/mol. The highest BCUT2D eigenvalue weighted by Crippen LogP contribution is 2.32. The third-order valence-corrected chi connectivity index (χ3v) is 5.77. The second-order valence-electron chi connectivity index (χ2n) is 1.95. The molecule has 5 nitrogen and oxygen atoms in total. The van der Waals surface area contributed by atoms with E-state index in [1.54, 1.807) is 0 Å². The van der Waals surface area contributed by atoms with Crippen molar-refractivity contribution in [3.8, 4) is 0 Å². The summed E-state index contributed by atoms with van der Waals surface area (Å²) in [6.45, 7) is 0.499. The van der Waals surface area contributed by atoms with Crippen LogP contribution in [0.25, 0.3) is 0 Å². The van der Waals surface area contributed by atoms with E-state index >= 15 is 0 Å². The van der Waals surface area contributed by atoms with Crippen molar-refractivity contribution in [2.75, 3.05) is 0 Å². The largest absolute Gasteiger partial charge is 0.439 e. The van der Waals surface area contributed by atoms with E-state index in [-0.39, 0.29) is 0 Å². The van der Waals surface area contributed by atoms with Crippen molar-refractivity contribution in [2.24, 2.45) is 0 Å². The van der Waals surface area contributed by atoms with E-state index in [4.69, 9.17) is 0 Å². The summed E-state index contributed by atoms with van der Waals surface area (Å²) >= 11 is 3.99. The van der Waals surface area contributed by atoms with Crippen molar-refractivity contribution in [2.45, 2.75) is 18.0 Å². The van der Waals surface area contributed by atoms with Crippen molar-refractivity contribution in [1.29, 1.82) is 0 Å². The fourth-order valence-corrected chi connectivity index (χ4v) is 3.01. The first kappa shape index (κ1) is 13.9. The number of alkyl halides is 4. The lowest BCUT2D eigenvalue weighted by atomic mass is 10.8. The van der Waals surface area contributed by atoms with Gasteiger partial charge in [-0.05, 0) is 18.5 Å². The van der Waals surface area contributed by atoms with E-state index in [1.165, 1.54) is 0 Å². The molecule has 0 bridgehead atoms. The van der Waals surface area contributed by atoms with E-state index < -0.39 is 29.1 Å². The predicted octanol–water partition coefficient (Wildman–Crippen LogP) is 0.767. The molecule has 0 aliphatic carbocycles. The molecule has 0 aromatic rings. The molecule has 0 aliphatic heterocycles. The summed E-state index contributed by atoms with van der Waals surface area (Å²) in [5.41, 5.74) is 0. The Morgan fingerprint density at radius 3 is 1.86 bits per heavy atom. The van der Waals surface area contributed by atoms with Gasteiger partial charge in [-0.25, -0.2) is 17.0 Å². The molecule has 86 valence electrons. The van der Waals surface area contributed by atoms with Gasteiger partial charge in [0, 0.05) is 0 Å². The van der Waals surface area contributed by atoms with Crippen LogP contribution in [0.15, 0.2) is 0 Å². The van der Waals surface area contributed by atoms with Crippen LogP contribution < -0.4 is 0 Å². The Morgan fingerprint density at radius 1 is 1.29 bits per heavy atom. The van der Waals surface area contributed by atoms with Gasteiger partial charge in [0.2, 0.25) is 6.36 Å². The summed E-state index contributed by atoms with van der Waals surface area (Å²) < 4.78 is 76.0. The summed E-state index contributed by atoms with van der Waals surface area (Å²) in [6.07, 6.45) is -2.58. The minimum Gasteiger partial charge on any atom is -0.221 e. The average molecular weight is 277 g/mol. The molecule has 0 N–H and O–H groups in total. The fraction of sp³-hybridized carbons (Fsp3) is 1.00. The van der Waals surface area contributed by atoms with Crippen molar-refractivity contribution in [1.82, 2.24) is 0 Å². The summed E-state index contributed by atoms with van der Waals surface area (Å²) in [6, 6.07) is 0. The molecule has 0 saturated carbocycles. The maximum Gasteiger partial charge on any atom is 0.439 e. The molecule has 0 radical (unpaired) electrons. The van der Waals surface area contributed by atoms with Crippen molar-refractivity contribution in [3.05, 3.63) is 0 Å². The van der Waals surface area contributed by atoms with Crippen molar-refractivity contribution < 1.29 is 34.2 Å². The topological polar surface area (TPSA) is 77.5 Å². The fourth-order valence-electron chi connectivity index (χ4n) is 0.330. The van der Waals surface area contributed by atoms with Crippen LogP contribution in [-0.2, 0) is 22.2 Å². The summed E-state index contributed by atoms with van der Waals surface area (Å²) in [5.74, 6) is 0. The van der Waals surface area contributed by atoms with Crippen molar-refractivity contribution in [3.63, 3.8) is 0 Å².